The number of nitrogens with one attached hydrogen (secondary N) is 1. The zero-order chi connectivity index (χ0) is 4.12. The summed E-state index contributed by atoms with van der Waals surface area (Å²) < 4.78 is 3.10. The average Bonchev–Trinajstić information content (AvgIpc) is 1.41. The predicted octanol–water partition coefficient (Wildman–Crippen LogP) is 0.448. The molecule has 0 heterocycles. The topological polar surface area (TPSA) is 12.0 Å². The molecule has 31 valence electrons. The van der Waals surface area contributed by atoms with Crippen LogP contribution in [0.5, 0.6) is 0 Å². The fourth-order valence-corrected chi connectivity index (χ4v) is 0.835. The van der Waals surface area contributed by atoms with Crippen molar-refractivity contribution in [2.24, 2.45) is 0 Å². The zero-order valence-corrected chi connectivity index (χ0v) is 6.26. The first kappa shape index (κ1) is 5.65. The normalized spacial score (nSPS) is 8.20. The number of hydrogen-bond acceptors (Lipinski definition) is 1. The fourth-order valence-electron chi connectivity index (χ4n) is 0.102. The molecule has 0 saturated heterocycles. The fraction of sp³-hybridized carbons (Fsp3) is 1.00. The van der Waals surface area contributed by atoms with Crippen molar-refractivity contribution >= 4 is 0 Å². The second kappa shape index (κ2) is 4.65. The summed E-state index contributed by atoms with van der Waals surface area (Å²) in [7, 11) is 0. The van der Waals surface area contributed by atoms with Crippen LogP contribution in [-0.4, -0.2) is 6.54 Å². The second-order valence-electron chi connectivity index (χ2n) is 0.894. The summed E-state index contributed by atoms with van der Waals surface area (Å²) in [6, 6.07) is 0. The van der Waals surface area contributed by atoms with Gasteiger partial charge in [-0.3, -0.25) is 0 Å². The van der Waals surface area contributed by atoms with Crippen LogP contribution in [-0.2, 0) is 20.1 Å². The molecule has 0 aromatic heterocycles. The molecule has 0 radical (unpaired) electrons. The molecule has 0 aliphatic heterocycles. The van der Waals surface area contributed by atoms with Gasteiger partial charge in [0.2, 0.25) is 0 Å². The van der Waals surface area contributed by atoms with Crippen LogP contribution >= 0.6 is 0 Å². The molecule has 1 nitrogen and oxygen atoms in total. The molecule has 0 aromatic rings. The van der Waals surface area contributed by atoms with Gasteiger partial charge in [0.05, 0.1) is 0 Å². The van der Waals surface area contributed by atoms with Gasteiger partial charge in [-0.05, 0) is 0 Å². The van der Waals surface area contributed by atoms with Crippen LogP contribution in [0.2, 0.25) is 0 Å². The Balaban J connectivity index is 2.19. The van der Waals surface area contributed by atoms with Crippen molar-refractivity contribution in [3.05, 3.63) is 0 Å². The van der Waals surface area contributed by atoms with Crippen molar-refractivity contribution in [1.29, 1.82) is 0 Å². The van der Waals surface area contributed by atoms with Gasteiger partial charge in [0.25, 0.3) is 0 Å². The van der Waals surface area contributed by atoms with E-state index in [1.54, 1.807) is 0 Å². The monoisotopic (exact) mass is 242 g/mol. The first-order chi connectivity index (χ1) is 2.41. The quantitative estimate of drug-likeness (QED) is 0.741. The van der Waals surface area contributed by atoms with Crippen LogP contribution in [0.1, 0.15) is 13.3 Å². The van der Waals surface area contributed by atoms with E-state index in [1.165, 1.54) is 33.0 Å². The van der Waals surface area contributed by atoms with Gasteiger partial charge < -0.3 is 0 Å². The third-order valence-electron chi connectivity index (χ3n) is 0.352. The molecule has 0 rings (SSSR count). The molecule has 0 aromatic carbocycles. The van der Waals surface area contributed by atoms with Crippen LogP contribution in [0.25, 0.3) is 0 Å². The number of hydrogen-bond donors (Lipinski definition) is 1. The molecule has 0 aliphatic rings. The maximum absolute atomic E-state index is 3.10. The maximum atomic E-state index is 3.10. The molecule has 1 N–H and O–H groups in total. The minimum absolute atomic E-state index is 1.18. The molecule has 0 amide bonds. The van der Waals surface area contributed by atoms with E-state index in [1.807, 2.05) is 0 Å². The second-order valence-corrected chi connectivity index (χ2v) is 1.93. The van der Waals surface area contributed by atoms with Crippen molar-refractivity contribution in [1.82, 2.24) is 3.88 Å². The minimum atomic E-state index is 1.18. The molecule has 0 saturated carbocycles. The summed E-state index contributed by atoms with van der Waals surface area (Å²) in [5.74, 6) is 0. The van der Waals surface area contributed by atoms with Crippen molar-refractivity contribution in [2.75, 3.05) is 6.54 Å². The third kappa shape index (κ3) is 4.65. The Morgan fingerprint density at radius 1 is 1.80 bits per heavy atom. The summed E-state index contributed by atoms with van der Waals surface area (Å²) in [4.78, 5) is 0. The average molecular weight is 242 g/mol. The number of rotatable bonds is 2. The molecule has 0 spiro atoms. The molecule has 0 bridgehead atoms. The van der Waals surface area contributed by atoms with Gasteiger partial charge in [-0.2, -0.15) is 0 Å². The van der Waals surface area contributed by atoms with E-state index in [0.29, 0.717) is 0 Å². The van der Waals surface area contributed by atoms with Gasteiger partial charge in [0, 0.05) is 0 Å². The van der Waals surface area contributed by atoms with E-state index in [4.69, 9.17) is 0 Å². The van der Waals surface area contributed by atoms with Crippen LogP contribution in [0, 0.1) is 0 Å². The van der Waals surface area contributed by atoms with E-state index in [0.717, 1.165) is 0 Å². The Bertz CT molecular complexity index is 14.4. The van der Waals surface area contributed by atoms with Crippen molar-refractivity contribution in [3.63, 3.8) is 0 Å². The van der Waals surface area contributed by atoms with E-state index < -0.39 is 0 Å². The summed E-state index contributed by atoms with van der Waals surface area (Å²) in [6.07, 6.45) is 1.25. The van der Waals surface area contributed by atoms with Crippen LogP contribution in [0.3, 0.4) is 0 Å². The molecule has 0 aliphatic carbocycles. The van der Waals surface area contributed by atoms with Crippen molar-refractivity contribution in [3.8, 4) is 0 Å². The molecule has 0 fully saturated rings. The molecule has 0 unspecified atom stereocenters. The Morgan fingerprint density at radius 3 is 2.40 bits per heavy atom. The van der Waals surface area contributed by atoms with E-state index in [2.05, 4.69) is 10.8 Å². The van der Waals surface area contributed by atoms with E-state index >= 15 is 0 Å². The molecule has 5 heavy (non-hydrogen) atoms. The summed E-state index contributed by atoms with van der Waals surface area (Å²) in [5, 5.41) is 0. The van der Waals surface area contributed by atoms with Gasteiger partial charge >= 0.3 is 43.8 Å². The van der Waals surface area contributed by atoms with Gasteiger partial charge in [-0.15, -0.1) is 0 Å². The Morgan fingerprint density at radius 2 is 2.40 bits per heavy atom. The van der Waals surface area contributed by atoms with Gasteiger partial charge in [0.1, 0.15) is 0 Å². The Kier molecular flexibility index (Phi) is 5.25. The summed E-state index contributed by atoms with van der Waals surface area (Å²) in [5.41, 5.74) is 0. The standard InChI is InChI=1S/C3H8N.W/c1-2-3-4;/h4H,2-3H2,1H3;/q-1;+1. The first-order valence-corrected chi connectivity index (χ1v) is 3.23. The molecular weight excluding hydrogens is 234 g/mol. The SMILES string of the molecule is CCC[NH][W]. The third-order valence-corrected chi connectivity index (χ3v) is 1.09. The van der Waals surface area contributed by atoms with E-state index in [9.17, 15) is 0 Å². The summed E-state index contributed by atoms with van der Waals surface area (Å²) in [6.45, 7) is 3.34. The molecular formula is C3H8NW. The summed E-state index contributed by atoms with van der Waals surface area (Å²) >= 11 is 1.47. The van der Waals surface area contributed by atoms with Crippen LogP contribution < -0.4 is 3.88 Å². The first-order valence-electron chi connectivity index (χ1n) is 1.76. The van der Waals surface area contributed by atoms with Crippen LogP contribution in [0.4, 0.5) is 0 Å². The van der Waals surface area contributed by atoms with E-state index in [-0.39, 0.29) is 0 Å². The zero-order valence-electron chi connectivity index (χ0n) is 3.32. The van der Waals surface area contributed by atoms with Gasteiger partial charge in [0.15, 0.2) is 0 Å². The van der Waals surface area contributed by atoms with Crippen molar-refractivity contribution < 1.29 is 20.1 Å². The van der Waals surface area contributed by atoms with Gasteiger partial charge in [-0.25, -0.2) is 0 Å². The van der Waals surface area contributed by atoms with Crippen molar-refractivity contribution in [2.45, 2.75) is 13.3 Å². The predicted molar refractivity (Wildman–Crippen MR) is 18.3 cm³/mol. The Hall–Kier alpha value is 0.648. The Labute approximate surface area is 44.3 Å². The molecule has 0 atom stereocenters. The molecule has 2 heteroatoms. The van der Waals surface area contributed by atoms with Crippen LogP contribution in [0.15, 0.2) is 0 Å². The van der Waals surface area contributed by atoms with Gasteiger partial charge in [-0.1, -0.05) is 0 Å².